The van der Waals surface area contributed by atoms with Gasteiger partial charge < -0.3 is 10.0 Å². The molecule has 4 heteroatoms. The summed E-state index contributed by atoms with van der Waals surface area (Å²) in [6, 6.07) is 0. The van der Waals surface area contributed by atoms with Crippen LogP contribution in [0.1, 0.15) is 0 Å². The van der Waals surface area contributed by atoms with Gasteiger partial charge in [-0.05, 0) is 9.97 Å². The van der Waals surface area contributed by atoms with Gasteiger partial charge in [0.2, 0.25) is 0 Å². The van der Waals surface area contributed by atoms with E-state index in [0.29, 0.717) is 0 Å². The number of hydrogen-bond donors (Lipinski definition) is 0. The fourth-order valence-corrected chi connectivity index (χ4v) is 0.655. The Balaban J connectivity index is 0. The van der Waals surface area contributed by atoms with E-state index in [0.717, 1.165) is 0 Å². The van der Waals surface area contributed by atoms with Crippen LogP contribution >= 0.6 is 22.6 Å². The second-order valence-electron chi connectivity index (χ2n) is 1.34. The molecule has 0 aliphatic heterocycles. The van der Waals surface area contributed by atoms with E-state index in [2.05, 4.69) is 0 Å². The summed E-state index contributed by atoms with van der Waals surface area (Å²) < 4.78 is 1.50. The Kier molecular flexibility index (Phi) is 9.15. The van der Waals surface area contributed by atoms with Gasteiger partial charge in [0.05, 0.1) is 0 Å². The number of hydrogen-bond acceptors (Lipinski definition) is 2. The maximum Gasteiger partial charge on any atom is 1.00 e. The van der Waals surface area contributed by atoms with Crippen molar-refractivity contribution in [2.45, 2.75) is 0 Å². The molecule has 0 amide bonds. The van der Waals surface area contributed by atoms with Crippen molar-refractivity contribution in [1.82, 2.24) is 4.90 Å². The van der Waals surface area contributed by atoms with Gasteiger partial charge in [-0.3, -0.25) is 0 Å². The molecule has 0 aromatic heterocycles. The maximum absolute atomic E-state index is 10.4. The minimum Gasteiger partial charge on any atom is -0.860 e. The van der Waals surface area contributed by atoms with Gasteiger partial charge in [0.25, 0.3) is 0 Å². The van der Waals surface area contributed by atoms with E-state index in [-0.39, 0.29) is 35.4 Å². The van der Waals surface area contributed by atoms with Crippen LogP contribution in [-0.4, -0.2) is 19.0 Å². The van der Waals surface area contributed by atoms with Crippen LogP contribution in [0.3, 0.4) is 0 Å². The van der Waals surface area contributed by atoms with Gasteiger partial charge in [-0.15, -0.1) is 0 Å². The molecule has 0 spiro atoms. The van der Waals surface area contributed by atoms with Gasteiger partial charge in [0.15, 0.2) is 0 Å². The van der Waals surface area contributed by atoms with Crippen molar-refractivity contribution in [3.8, 4) is 0 Å². The molecule has 0 bridgehead atoms. The van der Waals surface area contributed by atoms with Gasteiger partial charge in [0.1, 0.15) is 0 Å². The maximum atomic E-state index is 10.4. The smallest absolute Gasteiger partial charge is 0.860 e. The van der Waals surface area contributed by atoms with Crippen molar-refractivity contribution in [2.75, 3.05) is 14.1 Å². The summed E-state index contributed by atoms with van der Waals surface area (Å²) in [6.07, 6.45) is 0. The van der Waals surface area contributed by atoms with Crippen LogP contribution in [0.25, 0.3) is 0 Å². The average Bonchev–Trinajstić information content (AvgIpc) is 1.65. The first-order valence-electron chi connectivity index (χ1n) is 1.83. The summed E-state index contributed by atoms with van der Waals surface area (Å²) in [5, 5.41) is 10.4. The third-order valence-electron chi connectivity index (χ3n) is 0.534. The molecule has 0 fully saturated rings. The molecule has 0 saturated heterocycles. The summed E-state index contributed by atoms with van der Waals surface area (Å²) in [6.45, 7) is 0. The Morgan fingerprint density at radius 1 is 1.62 bits per heavy atom. The molecular weight excluding hydrogens is 228 g/mol. The van der Waals surface area contributed by atoms with Crippen LogP contribution in [0.5, 0.6) is 0 Å². The van der Waals surface area contributed by atoms with Crippen LogP contribution in [0.4, 0.5) is 0 Å². The van der Waals surface area contributed by atoms with Gasteiger partial charge in [-0.2, -0.15) is 0 Å². The van der Waals surface area contributed by atoms with E-state index in [9.17, 15) is 5.11 Å². The third-order valence-corrected chi connectivity index (χ3v) is 1.07. The molecule has 0 aliphatic rings. The zero-order valence-corrected chi connectivity index (χ0v) is 9.47. The fourth-order valence-electron chi connectivity index (χ4n) is 0.0976. The average molecular weight is 235 g/mol. The summed E-state index contributed by atoms with van der Waals surface area (Å²) in [7, 11) is 3.44. The Labute approximate surface area is 85.4 Å². The minimum absolute atomic E-state index is 0. The molecule has 0 aromatic rings. The van der Waals surface area contributed by atoms with Crippen LogP contribution in [0.2, 0.25) is 0 Å². The van der Waals surface area contributed by atoms with E-state index in [1.165, 1.54) is 8.98 Å². The second-order valence-corrected chi connectivity index (χ2v) is 1.96. The van der Waals surface area contributed by atoms with Gasteiger partial charge >= 0.3 is 29.6 Å². The molecule has 2 nitrogen and oxygen atoms in total. The number of nitrogens with zero attached hydrogens (tertiary/aromatic N) is 1. The molecule has 0 N–H and O–H groups in total. The molecule has 42 valence electrons. The molecule has 0 rings (SSSR count). The normalized spacial score (nSPS) is 10.1. The fraction of sp³-hybridized carbons (Fsp3) is 0.500. The Hall–Kier alpha value is 1.07. The van der Waals surface area contributed by atoms with Crippen molar-refractivity contribution in [3.05, 3.63) is 9.97 Å². The van der Waals surface area contributed by atoms with Gasteiger partial charge in [0, 0.05) is 14.1 Å². The largest absolute Gasteiger partial charge is 1.00 e. The Morgan fingerprint density at radius 2 is 2.00 bits per heavy atom. The van der Waals surface area contributed by atoms with Crippen molar-refractivity contribution >= 4 is 22.6 Å². The quantitative estimate of drug-likeness (QED) is 0.278. The minimum atomic E-state index is 0. The zero-order chi connectivity index (χ0) is 5.86. The van der Waals surface area contributed by atoms with E-state index >= 15 is 0 Å². The van der Waals surface area contributed by atoms with Crippen molar-refractivity contribution in [2.24, 2.45) is 0 Å². The second kappa shape index (κ2) is 6.19. The monoisotopic (exact) mass is 235 g/mol. The SMILES string of the molecule is CN(C)/C([O-])=C/I.[Na+]. The van der Waals surface area contributed by atoms with E-state index in [4.69, 9.17) is 0 Å². The number of rotatable bonds is 1. The molecule has 0 heterocycles. The van der Waals surface area contributed by atoms with Crippen LogP contribution < -0.4 is 34.7 Å². The molecule has 0 unspecified atom stereocenters. The van der Waals surface area contributed by atoms with E-state index < -0.39 is 0 Å². The summed E-state index contributed by atoms with van der Waals surface area (Å²) >= 11 is 1.91. The standard InChI is InChI=1S/C4H8INO.Na/c1-6(2)4(7)3-5;/h3,7H,1-2H3;/q;+1/p-1/b4-3-;. The summed E-state index contributed by atoms with van der Waals surface area (Å²) in [5.41, 5.74) is 0. The first kappa shape index (κ1) is 11.8. The molecular formula is C4H7INNaO. The predicted octanol–water partition coefficient (Wildman–Crippen LogP) is -2.85. The first-order chi connectivity index (χ1) is 3.18. The Morgan fingerprint density at radius 3 is 2.00 bits per heavy atom. The molecule has 0 atom stereocenters. The topological polar surface area (TPSA) is 26.3 Å². The van der Waals surface area contributed by atoms with Crippen molar-refractivity contribution in [1.29, 1.82) is 0 Å². The molecule has 0 radical (unpaired) electrons. The molecule has 0 aromatic carbocycles. The van der Waals surface area contributed by atoms with Crippen LogP contribution in [0, 0.1) is 0 Å². The van der Waals surface area contributed by atoms with Crippen molar-refractivity contribution in [3.63, 3.8) is 0 Å². The first-order valence-corrected chi connectivity index (χ1v) is 3.07. The van der Waals surface area contributed by atoms with E-state index in [1.807, 2.05) is 22.6 Å². The summed E-state index contributed by atoms with van der Waals surface area (Å²) in [5.74, 6) is 0.0422. The summed E-state index contributed by atoms with van der Waals surface area (Å²) in [4.78, 5) is 1.52. The zero-order valence-electron chi connectivity index (χ0n) is 5.31. The van der Waals surface area contributed by atoms with Crippen LogP contribution in [0.15, 0.2) is 9.97 Å². The number of halogens is 1. The van der Waals surface area contributed by atoms with E-state index in [1.54, 1.807) is 14.1 Å². The Bertz CT molecular complexity index is 84.1. The molecule has 8 heavy (non-hydrogen) atoms. The van der Waals surface area contributed by atoms with Crippen LogP contribution in [-0.2, 0) is 0 Å². The van der Waals surface area contributed by atoms with Crippen molar-refractivity contribution < 1.29 is 34.7 Å². The third kappa shape index (κ3) is 5.21. The molecule has 0 aliphatic carbocycles. The van der Waals surface area contributed by atoms with Gasteiger partial charge in [-0.25, -0.2) is 0 Å². The predicted molar refractivity (Wildman–Crippen MR) is 35.8 cm³/mol. The molecule has 0 saturated carbocycles. The van der Waals surface area contributed by atoms with Gasteiger partial charge in [-0.1, -0.05) is 22.6 Å².